The SMILES string of the molecule is CCC(C)(C)Cn1cc(C)nc1N. The molecule has 0 aliphatic carbocycles. The third kappa shape index (κ3) is 2.47. The van der Waals surface area contributed by atoms with Crippen molar-refractivity contribution in [2.45, 2.75) is 40.7 Å². The quantitative estimate of drug-likeness (QED) is 0.777. The fourth-order valence-electron chi connectivity index (χ4n) is 1.27. The first kappa shape index (κ1) is 10.1. The van der Waals surface area contributed by atoms with Gasteiger partial charge in [0.1, 0.15) is 0 Å². The minimum Gasteiger partial charge on any atom is -0.369 e. The third-order valence-electron chi connectivity index (χ3n) is 2.48. The van der Waals surface area contributed by atoms with Crippen molar-refractivity contribution < 1.29 is 0 Å². The number of rotatable bonds is 3. The fourth-order valence-corrected chi connectivity index (χ4v) is 1.27. The molecule has 13 heavy (non-hydrogen) atoms. The molecule has 0 bridgehead atoms. The molecule has 3 nitrogen and oxygen atoms in total. The van der Waals surface area contributed by atoms with E-state index >= 15 is 0 Å². The first-order valence-electron chi connectivity index (χ1n) is 4.74. The number of aromatic nitrogens is 2. The number of nitrogens with two attached hydrogens (primary N) is 1. The molecule has 0 amide bonds. The van der Waals surface area contributed by atoms with E-state index in [1.807, 2.05) is 17.7 Å². The smallest absolute Gasteiger partial charge is 0.200 e. The van der Waals surface area contributed by atoms with E-state index in [-0.39, 0.29) is 0 Å². The van der Waals surface area contributed by atoms with Crippen LogP contribution in [-0.4, -0.2) is 9.55 Å². The van der Waals surface area contributed by atoms with Gasteiger partial charge in [0.05, 0.1) is 5.69 Å². The molecule has 0 aliphatic rings. The highest BCUT2D eigenvalue weighted by Gasteiger charge is 2.17. The van der Waals surface area contributed by atoms with Crippen LogP contribution in [0.4, 0.5) is 5.95 Å². The second-order valence-corrected chi connectivity index (χ2v) is 4.39. The highest BCUT2D eigenvalue weighted by molar-refractivity contribution is 5.21. The Hall–Kier alpha value is -0.990. The molecule has 0 spiro atoms. The van der Waals surface area contributed by atoms with Gasteiger partial charge in [-0.1, -0.05) is 20.8 Å². The van der Waals surface area contributed by atoms with Gasteiger partial charge in [-0.2, -0.15) is 0 Å². The van der Waals surface area contributed by atoms with Crippen LogP contribution >= 0.6 is 0 Å². The maximum Gasteiger partial charge on any atom is 0.200 e. The van der Waals surface area contributed by atoms with Crippen LogP contribution in [0.3, 0.4) is 0 Å². The van der Waals surface area contributed by atoms with Crippen LogP contribution in [0.5, 0.6) is 0 Å². The van der Waals surface area contributed by atoms with Crippen LogP contribution in [0.25, 0.3) is 0 Å². The summed E-state index contributed by atoms with van der Waals surface area (Å²) in [7, 11) is 0. The predicted octanol–water partition coefficient (Wildman–Crippen LogP) is 2.21. The summed E-state index contributed by atoms with van der Waals surface area (Å²) in [6.45, 7) is 9.57. The molecule has 0 saturated heterocycles. The lowest BCUT2D eigenvalue weighted by Gasteiger charge is -2.23. The van der Waals surface area contributed by atoms with Crippen LogP contribution in [0.15, 0.2) is 6.20 Å². The van der Waals surface area contributed by atoms with Crippen molar-refractivity contribution in [3.63, 3.8) is 0 Å². The van der Waals surface area contributed by atoms with Gasteiger partial charge in [-0.05, 0) is 18.8 Å². The molecule has 2 N–H and O–H groups in total. The molecule has 0 atom stereocenters. The molecule has 0 radical (unpaired) electrons. The van der Waals surface area contributed by atoms with E-state index in [4.69, 9.17) is 5.73 Å². The number of nitrogens with zero attached hydrogens (tertiary/aromatic N) is 2. The van der Waals surface area contributed by atoms with E-state index in [9.17, 15) is 0 Å². The Morgan fingerprint density at radius 3 is 2.54 bits per heavy atom. The van der Waals surface area contributed by atoms with Gasteiger partial charge in [-0.25, -0.2) is 4.98 Å². The first-order chi connectivity index (χ1) is 5.94. The maximum atomic E-state index is 5.76. The predicted molar refractivity (Wildman–Crippen MR) is 55.4 cm³/mol. The summed E-state index contributed by atoms with van der Waals surface area (Å²) < 4.78 is 2.03. The second-order valence-electron chi connectivity index (χ2n) is 4.39. The molecule has 0 saturated carbocycles. The van der Waals surface area contributed by atoms with Crippen molar-refractivity contribution in [2.24, 2.45) is 5.41 Å². The number of nitrogen functional groups attached to an aromatic ring is 1. The van der Waals surface area contributed by atoms with Gasteiger partial charge in [0.25, 0.3) is 0 Å². The van der Waals surface area contributed by atoms with E-state index in [1.165, 1.54) is 0 Å². The summed E-state index contributed by atoms with van der Waals surface area (Å²) in [5, 5.41) is 0. The van der Waals surface area contributed by atoms with Gasteiger partial charge in [0.2, 0.25) is 0 Å². The normalized spacial score (nSPS) is 12.0. The Morgan fingerprint density at radius 1 is 1.54 bits per heavy atom. The highest BCUT2D eigenvalue weighted by atomic mass is 15.1. The lowest BCUT2D eigenvalue weighted by atomic mass is 9.90. The number of anilines is 1. The van der Waals surface area contributed by atoms with Crippen LogP contribution in [-0.2, 0) is 6.54 Å². The molecule has 3 heteroatoms. The van der Waals surface area contributed by atoms with Crippen molar-refractivity contribution in [1.29, 1.82) is 0 Å². The lowest BCUT2D eigenvalue weighted by Crippen LogP contribution is -2.19. The lowest BCUT2D eigenvalue weighted by molar-refractivity contribution is 0.296. The van der Waals surface area contributed by atoms with Crippen molar-refractivity contribution in [1.82, 2.24) is 9.55 Å². The Bertz CT molecular complexity index is 286. The van der Waals surface area contributed by atoms with Gasteiger partial charge in [-0.3, -0.25) is 0 Å². The van der Waals surface area contributed by atoms with E-state index < -0.39 is 0 Å². The molecular formula is C10H19N3. The van der Waals surface area contributed by atoms with Crippen LogP contribution < -0.4 is 5.73 Å². The van der Waals surface area contributed by atoms with Crippen molar-refractivity contribution in [3.8, 4) is 0 Å². The minimum absolute atomic E-state index is 0.293. The topological polar surface area (TPSA) is 43.8 Å². The summed E-state index contributed by atoms with van der Waals surface area (Å²) in [4.78, 5) is 4.17. The summed E-state index contributed by atoms with van der Waals surface area (Å²) >= 11 is 0. The zero-order valence-electron chi connectivity index (χ0n) is 8.96. The zero-order chi connectivity index (χ0) is 10.1. The molecule has 74 valence electrons. The summed E-state index contributed by atoms with van der Waals surface area (Å²) in [5.74, 6) is 0.624. The summed E-state index contributed by atoms with van der Waals surface area (Å²) in [6.07, 6.45) is 3.15. The van der Waals surface area contributed by atoms with Gasteiger partial charge in [0, 0.05) is 12.7 Å². The molecule has 1 rings (SSSR count). The number of hydrogen-bond acceptors (Lipinski definition) is 2. The van der Waals surface area contributed by atoms with Gasteiger partial charge in [-0.15, -0.1) is 0 Å². The second kappa shape index (κ2) is 3.40. The monoisotopic (exact) mass is 181 g/mol. The fraction of sp³-hybridized carbons (Fsp3) is 0.700. The highest BCUT2D eigenvalue weighted by Crippen LogP contribution is 2.23. The summed E-state index contributed by atoms with van der Waals surface area (Å²) in [5.41, 5.74) is 7.04. The molecule has 0 aromatic carbocycles. The Kier molecular flexibility index (Phi) is 2.64. The largest absolute Gasteiger partial charge is 0.369 e. The molecule has 0 fully saturated rings. The average Bonchev–Trinajstić information content (AvgIpc) is 2.30. The third-order valence-corrected chi connectivity index (χ3v) is 2.48. The molecule has 0 aliphatic heterocycles. The van der Waals surface area contributed by atoms with E-state index in [0.717, 1.165) is 18.7 Å². The van der Waals surface area contributed by atoms with Gasteiger partial charge >= 0.3 is 0 Å². The Balaban J connectivity index is 2.79. The number of imidazole rings is 1. The molecule has 1 aromatic heterocycles. The van der Waals surface area contributed by atoms with Crippen molar-refractivity contribution in [3.05, 3.63) is 11.9 Å². The average molecular weight is 181 g/mol. The standard InChI is InChI=1S/C10H19N3/c1-5-10(3,4)7-13-6-8(2)12-9(13)11/h6H,5,7H2,1-4H3,(H2,11,12). The van der Waals surface area contributed by atoms with Crippen molar-refractivity contribution >= 4 is 5.95 Å². The van der Waals surface area contributed by atoms with Crippen molar-refractivity contribution in [2.75, 3.05) is 5.73 Å². The first-order valence-corrected chi connectivity index (χ1v) is 4.74. The zero-order valence-corrected chi connectivity index (χ0v) is 8.96. The van der Waals surface area contributed by atoms with Crippen LogP contribution in [0.1, 0.15) is 32.9 Å². The molecular weight excluding hydrogens is 162 g/mol. The maximum absolute atomic E-state index is 5.76. The van der Waals surface area contributed by atoms with Gasteiger partial charge in [0.15, 0.2) is 5.95 Å². The van der Waals surface area contributed by atoms with Crippen LogP contribution in [0.2, 0.25) is 0 Å². The minimum atomic E-state index is 0.293. The number of hydrogen-bond donors (Lipinski definition) is 1. The molecule has 0 unspecified atom stereocenters. The van der Waals surface area contributed by atoms with Gasteiger partial charge < -0.3 is 10.3 Å². The van der Waals surface area contributed by atoms with E-state index in [2.05, 4.69) is 25.8 Å². The molecule has 1 heterocycles. The summed E-state index contributed by atoms with van der Waals surface area (Å²) in [6, 6.07) is 0. The van der Waals surface area contributed by atoms with E-state index in [1.54, 1.807) is 0 Å². The Morgan fingerprint density at radius 2 is 2.15 bits per heavy atom. The molecule has 1 aromatic rings. The number of aryl methyl sites for hydroxylation is 1. The Labute approximate surface area is 80.0 Å². The van der Waals surface area contributed by atoms with Crippen LogP contribution in [0, 0.1) is 12.3 Å². The van der Waals surface area contributed by atoms with E-state index in [0.29, 0.717) is 11.4 Å².